The highest BCUT2D eigenvalue weighted by Gasteiger charge is 2.10. The van der Waals surface area contributed by atoms with Crippen LogP contribution in [0.1, 0.15) is 29.0 Å². The molecule has 1 unspecified atom stereocenters. The summed E-state index contributed by atoms with van der Waals surface area (Å²) in [7, 11) is 0. The number of ether oxygens (including phenoxy) is 1. The van der Waals surface area contributed by atoms with Gasteiger partial charge in [0, 0.05) is 17.5 Å². The van der Waals surface area contributed by atoms with Crippen LogP contribution >= 0.6 is 11.3 Å². The minimum Gasteiger partial charge on any atom is -0.491 e. The van der Waals surface area contributed by atoms with Gasteiger partial charge in [-0.3, -0.25) is 0 Å². The second kappa shape index (κ2) is 7.59. The number of thiophene rings is 1. The molecule has 1 aromatic carbocycles. The summed E-state index contributed by atoms with van der Waals surface area (Å²) in [4.78, 5) is 1.28. The van der Waals surface area contributed by atoms with Crippen molar-refractivity contribution in [3.05, 3.63) is 51.7 Å². The monoisotopic (exact) mass is 305 g/mol. The largest absolute Gasteiger partial charge is 0.491 e. The van der Waals surface area contributed by atoms with E-state index in [9.17, 15) is 5.11 Å². The summed E-state index contributed by atoms with van der Waals surface area (Å²) >= 11 is 1.72. The Kier molecular flexibility index (Phi) is 5.79. The molecular formula is C17H23NO2S. The van der Waals surface area contributed by atoms with Crippen LogP contribution in [0.4, 0.5) is 0 Å². The number of nitrogens with one attached hydrogen (secondary N) is 1. The van der Waals surface area contributed by atoms with E-state index in [0.29, 0.717) is 13.2 Å². The molecular weight excluding hydrogens is 282 g/mol. The van der Waals surface area contributed by atoms with E-state index in [2.05, 4.69) is 36.7 Å². The molecule has 0 amide bonds. The molecule has 0 spiro atoms. The molecule has 0 bridgehead atoms. The Morgan fingerprint density at radius 2 is 2.10 bits per heavy atom. The molecule has 2 aromatic rings. The normalized spacial score (nSPS) is 13.9. The zero-order chi connectivity index (χ0) is 15.2. The molecule has 2 atom stereocenters. The molecule has 2 N–H and O–H groups in total. The molecule has 3 nitrogen and oxygen atoms in total. The molecule has 0 saturated heterocycles. The summed E-state index contributed by atoms with van der Waals surface area (Å²) in [5.74, 6) is 0.839. The highest BCUT2D eigenvalue weighted by molar-refractivity contribution is 7.10. The van der Waals surface area contributed by atoms with Gasteiger partial charge in [0.25, 0.3) is 0 Å². The first-order chi connectivity index (χ1) is 10.1. The van der Waals surface area contributed by atoms with Crippen molar-refractivity contribution < 1.29 is 9.84 Å². The molecule has 0 aliphatic rings. The Morgan fingerprint density at radius 1 is 1.29 bits per heavy atom. The van der Waals surface area contributed by atoms with Crippen molar-refractivity contribution >= 4 is 11.3 Å². The molecule has 1 heterocycles. The Hall–Kier alpha value is -1.36. The maximum absolute atomic E-state index is 10.0. The Bertz CT molecular complexity index is 554. The van der Waals surface area contributed by atoms with Crippen LogP contribution < -0.4 is 10.1 Å². The molecule has 0 aliphatic heterocycles. The van der Waals surface area contributed by atoms with Crippen molar-refractivity contribution in [2.45, 2.75) is 32.9 Å². The third-order valence-corrected chi connectivity index (χ3v) is 4.45. The van der Waals surface area contributed by atoms with Crippen molar-refractivity contribution in [3.8, 4) is 5.75 Å². The molecule has 0 aliphatic carbocycles. The molecule has 0 radical (unpaired) electrons. The van der Waals surface area contributed by atoms with Gasteiger partial charge in [0.1, 0.15) is 18.5 Å². The zero-order valence-corrected chi connectivity index (χ0v) is 13.6. The van der Waals surface area contributed by atoms with Crippen LogP contribution in [0.15, 0.2) is 35.7 Å². The number of aliphatic hydroxyl groups is 1. The van der Waals surface area contributed by atoms with E-state index >= 15 is 0 Å². The van der Waals surface area contributed by atoms with E-state index in [-0.39, 0.29) is 6.04 Å². The van der Waals surface area contributed by atoms with Crippen molar-refractivity contribution in [1.82, 2.24) is 5.32 Å². The third-order valence-electron chi connectivity index (χ3n) is 3.39. The van der Waals surface area contributed by atoms with Gasteiger partial charge in [0.05, 0.1) is 0 Å². The Labute approximate surface area is 130 Å². The lowest BCUT2D eigenvalue weighted by Crippen LogP contribution is -2.32. The molecule has 0 saturated carbocycles. The molecule has 0 fully saturated rings. The van der Waals surface area contributed by atoms with Gasteiger partial charge in [0.2, 0.25) is 0 Å². The van der Waals surface area contributed by atoms with Crippen molar-refractivity contribution in [2.24, 2.45) is 0 Å². The third kappa shape index (κ3) is 4.84. The number of aliphatic hydroxyl groups excluding tert-OH is 1. The summed E-state index contributed by atoms with van der Waals surface area (Å²) in [5.41, 5.74) is 2.31. The van der Waals surface area contributed by atoms with E-state index in [4.69, 9.17) is 4.74 Å². The predicted molar refractivity (Wildman–Crippen MR) is 88.2 cm³/mol. The summed E-state index contributed by atoms with van der Waals surface area (Å²) < 4.78 is 5.69. The fourth-order valence-corrected chi connectivity index (χ4v) is 2.92. The summed E-state index contributed by atoms with van der Waals surface area (Å²) in [5, 5.41) is 15.4. The van der Waals surface area contributed by atoms with Crippen LogP contribution in [0, 0.1) is 13.8 Å². The number of hydrogen-bond acceptors (Lipinski definition) is 4. The van der Waals surface area contributed by atoms with Gasteiger partial charge < -0.3 is 15.2 Å². The summed E-state index contributed by atoms with van der Waals surface area (Å²) in [6.07, 6.45) is -0.520. The predicted octanol–water partition coefficient (Wildman–Crippen LogP) is 3.46. The first-order valence-electron chi connectivity index (χ1n) is 7.21. The number of benzene rings is 1. The molecule has 4 heteroatoms. The first kappa shape index (κ1) is 16.0. The van der Waals surface area contributed by atoms with Gasteiger partial charge >= 0.3 is 0 Å². The van der Waals surface area contributed by atoms with E-state index in [0.717, 1.165) is 11.3 Å². The van der Waals surface area contributed by atoms with E-state index in [1.807, 2.05) is 25.1 Å². The van der Waals surface area contributed by atoms with Crippen LogP contribution in [0.2, 0.25) is 0 Å². The van der Waals surface area contributed by atoms with Gasteiger partial charge in [-0.15, -0.1) is 11.3 Å². The quantitative estimate of drug-likeness (QED) is 0.823. The van der Waals surface area contributed by atoms with Crippen LogP contribution in [0.5, 0.6) is 5.75 Å². The minimum atomic E-state index is -0.520. The van der Waals surface area contributed by atoms with Gasteiger partial charge in [-0.1, -0.05) is 23.8 Å². The maximum atomic E-state index is 10.0. The van der Waals surface area contributed by atoms with Gasteiger partial charge in [-0.05, 0) is 43.8 Å². The second-order valence-electron chi connectivity index (χ2n) is 5.38. The van der Waals surface area contributed by atoms with E-state index < -0.39 is 6.10 Å². The first-order valence-corrected chi connectivity index (χ1v) is 8.09. The highest BCUT2D eigenvalue weighted by Crippen LogP contribution is 2.19. The maximum Gasteiger partial charge on any atom is 0.122 e. The average molecular weight is 305 g/mol. The van der Waals surface area contributed by atoms with Crippen LogP contribution in [0.3, 0.4) is 0 Å². The van der Waals surface area contributed by atoms with Crippen molar-refractivity contribution in [1.29, 1.82) is 0 Å². The molecule has 1 aromatic heterocycles. The molecule has 21 heavy (non-hydrogen) atoms. The SMILES string of the molecule is Cc1ccc(OCC(O)CN[C@@H](C)c2cccs2)c(C)c1. The van der Waals surface area contributed by atoms with Gasteiger partial charge in [0.15, 0.2) is 0 Å². The lowest BCUT2D eigenvalue weighted by Gasteiger charge is -2.17. The lowest BCUT2D eigenvalue weighted by atomic mass is 10.1. The van der Waals surface area contributed by atoms with E-state index in [1.54, 1.807) is 11.3 Å². The van der Waals surface area contributed by atoms with Crippen LogP contribution in [-0.4, -0.2) is 24.4 Å². The van der Waals surface area contributed by atoms with Crippen LogP contribution in [-0.2, 0) is 0 Å². The second-order valence-corrected chi connectivity index (χ2v) is 6.36. The minimum absolute atomic E-state index is 0.251. The summed E-state index contributed by atoms with van der Waals surface area (Å²) in [6.45, 7) is 6.99. The summed E-state index contributed by atoms with van der Waals surface area (Å²) in [6, 6.07) is 10.4. The van der Waals surface area contributed by atoms with Crippen molar-refractivity contribution in [2.75, 3.05) is 13.2 Å². The van der Waals surface area contributed by atoms with Crippen LogP contribution in [0.25, 0.3) is 0 Å². The highest BCUT2D eigenvalue weighted by atomic mass is 32.1. The standard InChI is InChI=1S/C17H23NO2S/c1-12-6-7-16(13(2)9-12)20-11-15(19)10-18-14(3)17-5-4-8-21-17/h4-9,14-15,18-19H,10-11H2,1-3H3/t14-,15?/m0/s1. The van der Waals surface area contributed by atoms with Crippen molar-refractivity contribution in [3.63, 3.8) is 0 Å². The number of hydrogen-bond donors (Lipinski definition) is 2. The lowest BCUT2D eigenvalue weighted by molar-refractivity contribution is 0.104. The van der Waals surface area contributed by atoms with E-state index in [1.165, 1.54) is 10.4 Å². The Morgan fingerprint density at radius 3 is 2.76 bits per heavy atom. The average Bonchev–Trinajstić information content (AvgIpc) is 2.98. The van der Waals surface area contributed by atoms with Gasteiger partial charge in [-0.2, -0.15) is 0 Å². The topological polar surface area (TPSA) is 41.5 Å². The fourth-order valence-electron chi connectivity index (χ4n) is 2.16. The fraction of sp³-hybridized carbons (Fsp3) is 0.412. The Balaban J connectivity index is 1.75. The number of rotatable bonds is 7. The smallest absolute Gasteiger partial charge is 0.122 e. The molecule has 114 valence electrons. The van der Waals surface area contributed by atoms with Gasteiger partial charge in [-0.25, -0.2) is 0 Å². The zero-order valence-electron chi connectivity index (χ0n) is 12.8. The molecule has 2 rings (SSSR count). The number of aryl methyl sites for hydroxylation is 2.